The third kappa shape index (κ3) is 4.11. The lowest BCUT2D eigenvalue weighted by molar-refractivity contribution is -0.0691. The molecule has 0 unspecified atom stereocenters. The monoisotopic (exact) mass is 312 g/mol. The van der Waals surface area contributed by atoms with Crippen LogP contribution in [0.4, 0.5) is 17.6 Å². The predicted molar refractivity (Wildman–Crippen MR) is 77.3 cm³/mol. The van der Waals surface area contributed by atoms with Crippen molar-refractivity contribution in [3.63, 3.8) is 0 Å². The highest BCUT2D eigenvalue weighted by atomic mass is 32.2. The third-order valence-electron chi connectivity index (χ3n) is 2.78. The molecule has 2 rings (SSSR count). The summed E-state index contributed by atoms with van der Waals surface area (Å²) in [4.78, 5) is 0.846. The summed E-state index contributed by atoms with van der Waals surface area (Å²) in [7, 11) is 0. The Hall–Kier alpha value is -1.75. The molecule has 0 saturated carbocycles. The van der Waals surface area contributed by atoms with Gasteiger partial charge in [-0.25, -0.2) is 4.39 Å². The van der Waals surface area contributed by atoms with E-state index in [1.807, 2.05) is 0 Å². The first-order valence-electron chi connectivity index (χ1n) is 6.15. The van der Waals surface area contributed by atoms with Gasteiger partial charge in [0.25, 0.3) is 0 Å². The van der Waals surface area contributed by atoms with Crippen LogP contribution in [0, 0.1) is 5.82 Å². The molecule has 0 N–H and O–H groups in total. The van der Waals surface area contributed by atoms with Gasteiger partial charge in [-0.3, -0.25) is 0 Å². The van der Waals surface area contributed by atoms with Crippen molar-refractivity contribution in [1.82, 2.24) is 0 Å². The van der Waals surface area contributed by atoms with Gasteiger partial charge >= 0.3 is 6.18 Å². The van der Waals surface area contributed by atoms with Gasteiger partial charge in [0.2, 0.25) is 0 Å². The summed E-state index contributed by atoms with van der Waals surface area (Å²) in [6.45, 7) is 1.42. The van der Waals surface area contributed by atoms with Crippen molar-refractivity contribution in [2.24, 2.45) is 0 Å². The Morgan fingerprint density at radius 3 is 2.00 bits per heavy atom. The number of rotatable bonds is 3. The van der Waals surface area contributed by atoms with E-state index in [2.05, 4.69) is 0 Å². The maximum atomic E-state index is 13.3. The van der Waals surface area contributed by atoms with Gasteiger partial charge in [0, 0.05) is 4.90 Å². The van der Waals surface area contributed by atoms with E-state index < -0.39 is 17.6 Å². The molecule has 2 aromatic rings. The van der Waals surface area contributed by atoms with Crippen molar-refractivity contribution in [3.05, 3.63) is 70.9 Å². The number of alkyl halides is 3. The van der Waals surface area contributed by atoms with Crippen molar-refractivity contribution in [2.45, 2.75) is 18.0 Å². The van der Waals surface area contributed by atoms with Crippen LogP contribution in [-0.4, -0.2) is 6.18 Å². The van der Waals surface area contributed by atoms with Crippen LogP contribution >= 0.6 is 11.8 Å². The lowest BCUT2D eigenvalue weighted by atomic mass is 10.1. The number of thioether (sulfide) groups is 1. The fourth-order valence-electron chi connectivity index (χ4n) is 1.90. The topological polar surface area (TPSA) is 0 Å². The molecule has 0 aliphatic heterocycles. The number of hydrogen-bond acceptors (Lipinski definition) is 1. The van der Waals surface area contributed by atoms with Crippen LogP contribution in [0.1, 0.15) is 12.5 Å². The minimum absolute atomic E-state index is 0.0372. The van der Waals surface area contributed by atoms with E-state index in [9.17, 15) is 17.6 Å². The Kier molecular flexibility index (Phi) is 4.73. The minimum atomic E-state index is -4.50. The summed E-state index contributed by atoms with van der Waals surface area (Å²) in [6.07, 6.45) is -4.50. The van der Waals surface area contributed by atoms with Gasteiger partial charge in [0.15, 0.2) is 0 Å². The van der Waals surface area contributed by atoms with Crippen molar-refractivity contribution in [1.29, 1.82) is 0 Å². The fraction of sp³-hybridized carbons (Fsp3) is 0.125. The van der Waals surface area contributed by atoms with Gasteiger partial charge in [0.1, 0.15) is 5.82 Å². The molecule has 5 heteroatoms. The zero-order valence-electron chi connectivity index (χ0n) is 11.1. The molecular formula is C16H12F4S. The largest absolute Gasteiger partial charge is 0.417 e. The second kappa shape index (κ2) is 6.35. The van der Waals surface area contributed by atoms with E-state index in [1.165, 1.54) is 6.92 Å². The number of hydrogen-bond donors (Lipinski definition) is 0. The van der Waals surface area contributed by atoms with Crippen LogP contribution < -0.4 is 0 Å². The first-order valence-corrected chi connectivity index (χ1v) is 6.96. The van der Waals surface area contributed by atoms with Crippen LogP contribution in [-0.2, 0) is 0 Å². The highest BCUT2D eigenvalue weighted by Gasteiger charge is 2.36. The molecule has 2 aromatic carbocycles. The van der Waals surface area contributed by atoms with Crippen LogP contribution in [0.5, 0.6) is 0 Å². The van der Waals surface area contributed by atoms with E-state index >= 15 is 0 Å². The van der Waals surface area contributed by atoms with Crippen LogP contribution in [0.25, 0.3) is 5.57 Å². The Balaban J connectivity index is 2.44. The Bertz CT molecular complexity index is 628. The second-order valence-electron chi connectivity index (χ2n) is 4.35. The summed E-state index contributed by atoms with van der Waals surface area (Å²) < 4.78 is 52.8. The molecule has 0 bridgehead atoms. The number of halogens is 4. The van der Waals surface area contributed by atoms with Gasteiger partial charge < -0.3 is 0 Å². The SMILES string of the molecule is C/C(Sc1ccccc1)=C(/c1ccc(F)cc1)C(F)(F)F. The minimum Gasteiger partial charge on any atom is -0.207 e. The molecule has 0 radical (unpaired) electrons. The third-order valence-corrected chi connectivity index (χ3v) is 3.80. The highest BCUT2D eigenvalue weighted by Crippen LogP contribution is 2.41. The van der Waals surface area contributed by atoms with Crippen molar-refractivity contribution in [3.8, 4) is 0 Å². The zero-order valence-corrected chi connectivity index (χ0v) is 11.9. The van der Waals surface area contributed by atoms with Gasteiger partial charge in [-0.1, -0.05) is 42.1 Å². The van der Waals surface area contributed by atoms with Crippen LogP contribution in [0.2, 0.25) is 0 Å². The smallest absolute Gasteiger partial charge is 0.207 e. The molecule has 0 spiro atoms. The maximum absolute atomic E-state index is 13.3. The fourth-order valence-corrected chi connectivity index (χ4v) is 2.88. The van der Waals surface area contributed by atoms with E-state index in [-0.39, 0.29) is 10.5 Å². The summed E-state index contributed by atoms with van der Waals surface area (Å²) >= 11 is 1.04. The summed E-state index contributed by atoms with van der Waals surface area (Å²) in [5.41, 5.74) is -0.777. The van der Waals surface area contributed by atoms with Gasteiger partial charge in [-0.05, 0) is 41.7 Å². The van der Waals surface area contributed by atoms with Gasteiger partial charge in [-0.15, -0.1) is 0 Å². The number of allylic oxidation sites excluding steroid dienone is 2. The Morgan fingerprint density at radius 2 is 1.48 bits per heavy atom. The van der Waals surface area contributed by atoms with E-state index in [1.54, 1.807) is 30.3 Å². The molecule has 0 heterocycles. The predicted octanol–water partition coefficient (Wildman–Crippen LogP) is 5.91. The second-order valence-corrected chi connectivity index (χ2v) is 5.64. The molecule has 0 nitrogen and oxygen atoms in total. The summed E-state index contributed by atoms with van der Waals surface area (Å²) in [6, 6.07) is 13.2. The lowest BCUT2D eigenvalue weighted by Crippen LogP contribution is -2.12. The summed E-state index contributed by atoms with van der Waals surface area (Å²) in [5, 5.41) is 0. The molecule has 0 aliphatic rings. The molecule has 0 atom stereocenters. The Morgan fingerprint density at radius 1 is 0.905 bits per heavy atom. The van der Waals surface area contributed by atoms with Crippen molar-refractivity contribution < 1.29 is 17.6 Å². The van der Waals surface area contributed by atoms with E-state index in [4.69, 9.17) is 0 Å². The lowest BCUT2D eigenvalue weighted by Gasteiger charge is -2.16. The average molecular weight is 312 g/mol. The van der Waals surface area contributed by atoms with Crippen molar-refractivity contribution >= 4 is 17.3 Å². The first-order chi connectivity index (χ1) is 9.88. The number of benzene rings is 2. The molecular weight excluding hydrogens is 300 g/mol. The van der Waals surface area contributed by atoms with Gasteiger partial charge in [-0.2, -0.15) is 13.2 Å². The zero-order chi connectivity index (χ0) is 15.5. The van der Waals surface area contributed by atoms with E-state index in [0.717, 1.165) is 40.9 Å². The normalized spacial score (nSPS) is 13.0. The first kappa shape index (κ1) is 15.6. The molecule has 110 valence electrons. The van der Waals surface area contributed by atoms with Crippen LogP contribution in [0.3, 0.4) is 0 Å². The molecule has 21 heavy (non-hydrogen) atoms. The summed E-state index contributed by atoms with van der Waals surface area (Å²) in [5.74, 6) is -0.561. The van der Waals surface area contributed by atoms with Crippen LogP contribution in [0.15, 0.2) is 64.4 Å². The Labute approximate surface area is 124 Å². The molecule has 0 fully saturated rings. The molecule has 0 aromatic heterocycles. The highest BCUT2D eigenvalue weighted by molar-refractivity contribution is 8.03. The standard InChI is InChI=1S/C16H12F4S/c1-11(21-14-5-3-2-4-6-14)15(16(18,19)20)12-7-9-13(17)10-8-12/h2-10H,1H3/b15-11+. The molecule has 0 saturated heterocycles. The van der Waals surface area contributed by atoms with Crippen molar-refractivity contribution in [2.75, 3.05) is 0 Å². The van der Waals surface area contributed by atoms with Gasteiger partial charge in [0.05, 0.1) is 5.57 Å². The molecule has 0 amide bonds. The molecule has 0 aliphatic carbocycles. The average Bonchev–Trinajstić information content (AvgIpc) is 2.41. The van der Waals surface area contributed by atoms with E-state index in [0.29, 0.717) is 0 Å². The maximum Gasteiger partial charge on any atom is 0.417 e. The quantitative estimate of drug-likeness (QED) is 0.501.